The predicted octanol–water partition coefficient (Wildman–Crippen LogP) is 1.37. The van der Waals surface area contributed by atoms with Gasteiger partial charge >= 0.3 is 0 Å². The van der Waals surface area contributed by atoms with Gasteiger partial charge < -0.3 is 25.6 Å². The summed E-state index contributed by atoms with van der Waals surface area (Å²) in [5.41, 5.74) is -0.867. The van der Waals surface area contributed by atoms with Gasteiger partial charge in [0.15, 0.2) is 5.78 Å². The number of halogens is 1. The first-order valence-electron chi connectivity index (χ1n) is 11.8. The van der Waals surface area contributed by atoms with Gasteiger partial charge in [-0.05, 0) is 56.7 Å². The Kier molecular flexibility index (Phi) is 7.02. The maximum absolute atomic E-state index is 14.4. The number of piperidine rings is 1. The van der Waals surface area contributed by atoms with Gasteiger partial charge in [0.05, 0.1) is 11.3 Å². The third kappa shape index (κ3) is 5.43. The van der Waals surface area contributed by atoms with Crippen molar-refractivity contribution in [2.24, 2.45) is 5.92 Å². The second kappa shape index (κ2) is 9.99. The average molecular weight is 485 g/mol. The smallest absolute Gasteiger partial charge is 0.268 e. The molecule has 2 aliphatic rings. The van der Waals surface area contributed by atoms with Crippen molar-refractivity contribution < 1.29 is 23.9 Å². The molecular weight excluding hydrogens is 455 g/mol. The number of aromatic nitrogens is 1. The molecule has 2 aromatic rings. The van der Waals surface area contributed by atoms with Crippen LogP contribution in [0.1, 0.15) is 53.5 Å². The van der Waals surface area contributed by atoms with Crippen molar-refractivity contribution in [2.75, 3.05) is 24.5 Å². The minimum Gasteiger partial charge on any atom is -0.385 e. The molecule has 1 saturated heterocycles. The van der Waals surface area contributed by atoms with E-state index in [4.69, 9.17) is 0 Å². The first kappa shape index (κ1) is 24.6. The number of aliphatic hydroxyl groups is 1. The number of hydrogen-bond donors (Lipinski definition) is 4. The van der Waals surface area contributed by atoms with Gasteiger partial charge in [-0.25, -0.2) is 4.39 Å². The van der Waals surface area contributed by atoms with Crippen LogP contribution in [0.25, 0.3) is 0 Å². The Morgan fingerprint density at radius 1 is 1.17 bits per heavy atom. The summed E-state index contributed by atoms with van der Waals surface area (Å²) in [6.07, 6.45) is 1.21. The number of Topliss-reactive ketones (excluding diaryl/α,β-unsaturated/α-hetero) is 1. The zero-order valence-corrected chi connectivity index (χ0v) is 19.5. The highest BCUT2D eigenvalue weighted by Crippen LogP contribution is 2.36. The highest BCUT2D eigenvalue weighted by Gasteiger charge is 2.51. The molecule has 0 bridgehead atoms. The molecule has 1 aliphatic carbocycles. The summed E-state index contributed by atoms with van der Waals surface area (Å²) in [5, 5.41) is 15.4. The lowest BCUT2D eigenvalue weighted by Gasteiger charge is -2.35. The monoisotopic (exact) mass is 484 g/mol. The van der Waals surface area contributed by atoms with Crippen molar-refractivity contribution in [3.05, 3.63) is 63.8 Å². The highest BCUT2D eigenvalue weighted by molar-refractivity contribution is 6.04. The molecule has 9 nitrogen and oxygen atoms in total. The maximum Gasteiger partial charge on any atom is 0.268 e. The summed E-state index contributed by atoms with van der Waals surface area (Å²) in [4.78, 5) is 53.4. The molecule has 4 N–H and O–H groups in total. The topological polar surface area (TPSA) is 132 Å². The molecule has 1 saturated carbocycles. The molecular formula is C25H29FN4O5. The Hall–Kier alpha value is -3.53. The quantitative estimate of drug-likeness (QED) is 0.419. The van der Waals surface area contributed by atoms with Crippen LogP contribution in [0.2, 0.25) is 0 Å². The van der Waals surface area contributed by atoms with E-state index in [0.29, 0.717) is 38.2 Å². The van der Waals surface area contributed by atoms with Crippen molar-refractivity contribution in [2.45, 2.75) is 44.2 Å². The van der Waals surface area contributed by atoms with E-state index in [0.717, 1.165) is 12.8 Å². The number of carbonyl (C=O) groups excluding carboxylic acids is 3. The molecule has 2 amide bonds. The molecule has 1 atom stereocenters. The van der Waals surface area contributed by atoms with Gasteiger partial charge in [-0.3, -0.25) is 19.2 Å². The lowest BCUT2D eigenvalue weighted by Crippen LogP contribution is -2.50. The number of aliphatic hydroxyl groups excluding tert-OH is 1. The van der Waals surface area contributed by atoms with Gasteiger partial charge in [-0.1, -0.05) is 12.1 Å². The number of anilines is 1. The van der Waals surface area contributed by atoms with Gasteiger partial charge in [0.25, 0.3) is 5.91 Å². The minimum absolute atomic E-state index is 0.0968. The molecule has 1 unspecified atom stereocenters. The number of H-pyrrole nitrogens is 1. The van der Waals surface area contributed by atoms with Crippen molar-refractivity contribution in [3.8, 4) is 0 Å². The summed E-state index contributed by atoms with van der Waals surface area (Å²) in [6.45, 7) is 2.91. The van der Waals surface area contributed by atoms with Crippen LogP contribution in [0.5, 0.6) is 0 Å². The Morgan fingerprint density at radius 3 is 2.49 bits per heavy atom. The number of nitrogens with one attached hydrogen (secondary N) is 3. The lowest BCUT2D eigenvalue weighted by molar-refractivity contribution is -0.124. The standard InChI is InChI=1S/C25H29FN4O5/c1-15(31)22(33)21-17(26)4-2-6-19(21)30-12-8-16(9-13-30)14-27-24(35)25(10-11-25)29-23(34)18-5-3-7-20(32)28-18/h2-7,15-16,31H,8-14H2,1H3,(H,27,35)(H,28,32)(H,29,34). The summed E-state index contributed by atoms with van der Waals surface area (Å²) < 4.78 is 14.4. The second-order valence-electron chi connectivity index (χ2n) is 9.28. The number of rotatable bonds is 8. The maximum atomic E-state index is 14.4. The van der Waals surface area contributed by atoms with E-state index in [1.807, 2.05) is 4.90 Å². The number of ketones is 1. The Balaban J connectivity index is 1.31. The fourth-order valence-electron chi connectivity index (χ4n) is 4.41. The molecule has 10 heteroatoms. The van der Waals surface area contributed by atoms with Crippen molar-refractivity contribution in [1.29, 1.82) is 0 Å². The van der Waals surface area contributed by atoms with E-state index in [1.165, 1.54) is 31.2 Å². The van der Waals surface area contributed by atoms with Crippen LogP contribution in [0, 0.1) is 11.7 Å². The molecule has 2 heterocycles. The summed E-state index contributed by atoms with van der Waals surface area (Å²) in [5.74, 6) is -1.86. The van der Waals surface area contributed by atoms with Crippen LogP contribution in [-0.4, -0.2) is 59.0 Å². The zero-order chi connectivity index (χ0) is 25.2. The fraction of sp³-hybridized carbons (Fsp3) is 0.440. The number of benzene rings is 1. The second-order valence-corrected chi connectivity index (χ2v) is 9.28. The van der Waals surface area contributed by atoms with Crippen LogP contribution < -0.4 is 21.1 Å². The minimum atomic E-state index is -1.30. The van der Waals surface area contributed by atoms with Gasteiger partial charge in [0.1, 0.15) is 23.2 Å². The summed E-state index contributed by atoms with van der Waals surface area (Å²) in [7, 11) is 0. The number of amides is 2. The molecule has 1 aliphatic heterocycles. The number of hydrogen-bond acceptors (Lipinski definition) is 6. The van der Waals surface area contributed by atoms with E-state index in [2.05, 4.69) is 15.6 Å². The van der Waals surface area contributed by atoms with E-state index in [9.17, 15) is 28.7 Å². The van der Waals surface area contributed by atoms with E-state index in [-0.39, 0.29) is 28.6 Å². The van der Waals surface area contributed by atoms with Crippen LogP contribution >= 0.6 is 0 Å². The Morgan fingerprint density at radius 2 is 1.86 bits per heavy atom. The van der Waals surface area contributed by atoms with Gasteiger partial charge in [0, 0.05) is 25.7 Å². The third-order valence-corrected chi connectivity index (χ3v) is 6.67. The predicted molar refractivity (Wildman–Crippen MR) is 127 cm³/mol. The first-order valence-corrected chi connectivity index (χ1v) is 11.8. The molecule has 186 valence electrons. The largest absolute Gasteiger partial charge is 0.385 e. The molecule has 1 aromatic heterocycles. The first-order chi connectivity index (χ1) is 16.7. The van der Waals surface area contributed by atoms with Crippen LogP contribution in [0.15, 0.2) is 41.2 Å². The van der Waals surface area contributed by atoms with Gasteiger partial charge in [-0.2, -0.15) is 0 Å². The number of aromatic amines is 1. The van der Waals surface area contributed by atoms with Crippen LogP contribution in [0.4, 0.5) is 10.1 Å². The van der Waals surface area contributed by atoms with Crippen molar-refractivity contribution in [1.82, 2.24) is 15.6 Å². The van der Waals surface area contributed by atoms with Gasteiger partial charge in [0.2, 0.25) is 11.5 Å². The normalized spacial score (nSPS) is 18.0. The highest BCUT2D eigenvalue weighted by atomic mass is 19.1. The fourth-order valence-corrected chi connectivity index (χ4v) is 4.41. The number of pyridine rings is 1. The van der Waals surface area contributed by atoms with Crippen LogP contribution in [-0.2, 0) is 4.79 Å². The number of carbonyl (C=O) groups is 3. The molecule has 4 rings (SSSR count). The zero-order valence-electron chi connectivity index (χ0n) is 19.5. The van der Waals surface area contributed by atoms with Crippen molar-refractivity contribution in [3.63, 3.8) is 0 Å². The third-order valence-electron chi connectivity index (χ3n) is 6.67. The number of nitrogens with zero attached hydrogens (tertiary/aromatic N) is 1. The van der Waals surface area contributed by atoms with E-state index in [1.54, 1.807) is 12.1 Å². The molecule has 2 fully saturated rings. The molecule has 35 heavy (non-hydrogen) atoms. The Bertz CT molecular complexity index is 1180. The molecule has 0 radical (unpaired) electrons. The lowest BCUT2D eigenvalue weighted by atomic mass is 9.94. The molecule has 0 spiro atoms. The summed E-state index contributed by atoms with van der Waals surface area (Å²) in [6, 6.07) is 8.71. The van der Waals surface area contributed by atoms with E-state index >= 15 is 0 Å². The summed E-state index contributed by atoms with van der Waals surface area (Å²) >= 11 is 0. The average Bonchev–Trinajstić information content (AvgIpc) is 3.63. The van der Waals surface area contributed by atoms with E-state index < -0.39 is 29.2 Å². The molecule has 1 aromatic carbocycles. The van der Waals surface area contributed by atoms with Crippen LogP contribution in [0.3, 0.4) is 0 Å². The Labute approximate surface area is 201 Å². The SMILES string of the molecule is CC(O)C(=O)c1c(F)cccc1N1CCC(CNC(=O)C2(NC(=O)c3cccc(=O)[nH]3)CC2)CC1. The van der Waals surface area contributed by atoms with Crippen molar-refractivity contribution >= 4 is 23.3 Å². The van der Waals surface area contributed by atoms with Gasteiger partial charge in [-0.15, -0.1) is 0 Å².